The highest BCUT2D eigenvalue weighted by Crippen LogP contribution is 2.29. The maximum absolute atomic E-state index is 13.0. The smallest absolute Gasteiger partial charge is 0.124 e. The fraction of sp³-hybridized carbons (Fsp3) is 0.600. The van der Waals surface area contributed by atoms with Gasteiger partial charge in [0.15, 0.2) is 0 Å². The lowest BCUT2D eigenvalue weighted by molar-refractivity contribution is 0.225. The third-order valence-electron chi connectivity index (χ3n) is 4.19. The van der Waals surface area contributed by atoms with Crippen molar-refractivity contribution >= 4 is 15.9 Å². The van der Waals surface area contributed by atoms with Crippen LogP contribution in [0.4, 0.5) is 4.39 Å². The number of hydrogen-bond acceptors (Lipinski definition) is 1. The molecule has 3 unspecified atom stereocenters. The van der Waals surface area contributed by atoms with Gasteiger partial charge in [0.1, 0.15) is 5.82 Å². The highest BCUT2D eigenvalue weighted by atomic mass is 79.9. The van der Waals surface area contributed by atoms with Crippen molar-refractivity contribution < 1.29 is 4.39 Å². The van der Waals surface area contributed by atoms with E-state index in [2.05, 4.69) is 35.1 Å². The molecule has 100 valence electrons. The molecule has 18 heavy (non-hydrogen) atoms. The average molecular weight is 314 g/mol. The lowest BCUT2D eigenvalue weighted by atomic mass is 9.79. The molecular formula is C15H21BrFN. The lowest BCUT2D eigenvalue weighted by Crippen LogP contribution is -2.35. The zero-order valence-corrected chi connectivity index (χ0v) is 12.6. The van der Waals surface area contributed by atoms with Crippen molar-refractivity contribution in [3.8, 4) is 0 Å². The molecule has 0 amide bonds. The Labute approximate surface area is 117 Å². The van der Waals surface area contributed by atoms with Gasteiger partial charge in [-0.1, -0.05) is 35.8 Å². The summed E-state index contributed by atoms with van der Waals surface area (Å²) in [5.41, 5.74) is 1.13. The molecule has 1 nitrogen and oxygen atoms in total. The Bertz CT molecular complexity index is 407. The molecule has 0 aromatic heterocycles. The van der Waals surface area contributed by atoms with Gasteiger partial charge in [0.05, 0.1) is 0 Å². The van der Waals surface area contributed by atoms with Crippen LogP contribution >= 0.6 is 15.9 Å². The normalized spacial score (nSPS) is 28.3. The average Bonchev–Trinajstić information content (AvgIpc) is 2.32. The molecule has 1 saturated carbocycles. The molecule has 0 radical (unpaired) electrons. The molecule has 0 bridgehead atoms. The van der Waals surface area contributed by atoms with E-state index in [9.17, 15) is 4.39 Å². The van der Waals surface area contributed by atoms with E-state index < -0.39 is 0 Å². The third kappa shape index (κ3) is 3.55. The molecule has 1 fully saturated rings. The number of halogens is 2. The molecule has 1 N–H and O–H groups in total. The molecule has 1 aliphatic rings. The van der Waals surface area contributed by atoms with E-state index in [1.165, 1.54) is 31.4 Å². The fourth-order valence-electron chi connectivity index (χ4n) is 2.65. The summed E-state index contributed by atoms with van der Waals surface area (Å²) >= 11 is 3.41. The topological polar surface area (TPSA) is 12.0 Å². The largest absolute Gasteiger partial charge is 0.310 e. The van der Waals surface area contributed by atoms with E-state index in [1.807, 2.05) is 6.07 Å². The summed E-state index contributed by atoms with van der Waals surface area (Å²) in [5, 5.41) is 3.60. The van der Waals surface area contributed by atoms with E-state index in [1.54, 1.807) is 0 Å². The fourth-order valence-corrected chi connectivity index (χ4v) is 3.14. The number of hydrogen-bond donors (Lipinski definition) is 1. The van der Waals surface area contributed by atoms with Crippen LogP contribution in [0, 0.1) is 17.7 Å². The lowest BCUT2D eigenvalue weighted by Gasteiger charge is -2.32. The van der Waals surface area contributed by atoms with Gasteiger partial charge in [-0.25, -0.2) is 4.39 Å². The number of benzene rings is 1. The standard InChI is InChI=1S/C15H21BrFN/c1-10-3-6-14(7-11(10)2)18-9-12-4-5-13(17)8-15(12)16/h4-5,8,10-11,14,18H,3,6-7,9H2,1-2H3. The Kier molecular flexibility index (Phi) is 4.79. The van der Waals surface area contributed by atoms with Crippen LogP contribution < -0.4 is 5.32 Å². The molecule has 0 aliphatic heterocycles. The number of rotatable bonds is 3. The maximum Gasteiger partial charge on any atom is 0.124 e. The van der Waals surface area contributed by atoms with Crippen molar-refractivity contribution in [1.29, 1.82) is 0 Å². The van der Waals surface area contributed by atoms with Crippen molar-refractivity contribution in [3.05, 3.63) is 34.1 Å². The van der Waals surface area contributed by atoms with Gasteiger partial charge in [-0.15, -0.1) is 0 Å². The molecule has 1 aromatic carbocycles. The summed E-state index contributed by atoms with van der Waals surface area (Å²) in [6.45, 7) is 5.50. The molecular weight excluding hydrogens is 293 g/mol. The van der Waals surface area contributed by atoms with Gasteiger partial charge in [-0.2, -0.15) is 0 Å². The van der Waals surface area contributed by atoms with E-state index in [-0.39, 0.29) is 5.82 Å². The molecule has 0 saturated heterocycles. The quantitative estimate of drug-likeness (QED) is 0.866. The second-order valence-electron chi connectivity index (χ2n) is 5.58. The minimum absolute atomic E-state index is 0.189. The first kappa shape index (κ1) is 14.0. The van der Waals surface area contributed by atoms with Gasteiger partial charge in [-0.3, -0.25) is 0 Å². The minimum atomic E-state index is -0.189. The molecule has 0 heterocycles. The Hall–Kier alpha value is -0.410. The summed E-state index contributed by atoms with van der Waals surface area (Å²) in [6, 6.07) is 5.50. The summed E-state index contributed by atoms with van der Waals surface area (Å²) in [4.78, 5) is 0. The maximum atomic E-state index is 13.0. The van der Waals surface area contributed by atoms with Crippen LogP contribution in [0.25, 0.3) is 0 Å². The van der Waals surface area contributed by atoms with E-state index in [0.29, 0.717) is 6.04 Å². The SMILES string of the molecule is CC1CCC(NCc2ccc(F)cc2Br)CC1C. The van der Waals surface area contributed by atoms with E-state index in [0.717, 1.165) is 28.4 Å². The molecule has 1 aromatic rings. The minimum Gasteiger partial charge on any atom is -0.310 e. The second kappa shape index (κ2) is 6.16. The zero-order chi connectivity index (χ0) is 13.1. The third-order valence-corrected chi connectivity index (χ3v) is 4.93. The molecule has 0 spiro atoms. The van der Waals surface area contributed by atoms with Crippen LogP contribution in [0.5, 0.6) is 0 Å². The van der Waals surface area contributed by atoms with Crippen LogP contribution in [-0.2, 0) is 6.54 Å². The second-order valence-corrected chi connectivity index (χ2v) is 6.44. The Morgan fingerprint density at radius 2 is 2.06 bits per heavy atom. The predicted octanol–water partition coefficient (Wildman–Crippen LogP) is 4.50. The van der Waals surface area contributed by atoms with Crippen LogP contribution in [0.15, 0.2) is 22.7 Å². The van der Waals surface area contributed by atoms with Crippen molar-refractivity contribution in [1.82, 2.24) is 5.32 Å². The van der Waals surface area contributed by atoms with Gasteiger partial charge in [0, 0.05) is 17.1 Å². The van der Waals surface area contributed by atoms with Crippen LogP contribution in [-0.4, -0.2) is 6.04 Å². The molecule has 1 aliphatic carbocycles. The summed E-state index contributed by atoms with van der Waals surface area (Å²) in [5.74, 6) is 1.46. The predicted molar refractivity (Wildman–Crippen MR) is 76.9 cm³/mol. The van der Waals surface area contributed by atoms with Gasteiger partial charge >= 0.3 is 0 Å². The first-order chi connectivity index (χ1) is 8.56. The van der Waals surface area contributed by atoms with Crippen molar-refractivity contribution in [2.45, 2.75) is 45.7 Å². The molecule has 3 heteroatoms. The van der Waals surface area contributed by atoms with Gasteiger partial charge in [-0.05, 0) is 48.8 Å². The molecule has 2 rings (SSSR count). The Balaban J connectivity index is 1.88. The summed E-state index contributed by atoms with van der Waals surface area (Å²) < 4.78 is 13.8. The zero-order valence-electron chi connectivity index (χ0n) is 11.0. The highest BCUT2D eigenvalue weighted by Gasteiger charge is 2.24. The summed E-state index contributed by atoms with van der Waals surface area (Å²) in [6.07, 6.45) is 3.81. The van der Waals surface area contributed by atoms with Crippen molar-refractivity contribution in [3.63, 3.8) is 0 Å². The first-order valence-corrected chi connectivity index (χ1v) is 7.53. The highest BCUT2D eigenvalue weighted by molar-refractivity contribution is 9.10. The van der Waals surface area contributed by atoms with Crippen LogP contribution in [0.1, 0.15) is 38.7 Å². The van der Waals surface area contributed by atoms with Crippen molar-refractivity contribution in [2.75, 3.05) is 0 Å². The Morgan fingerprint density at radius 3 is 2.72 bits per heavy atom. The van der Waals surface area contributed by atoms with Crippen molar-refractivity contribution in [2.24, 2.45) is 11.8 Å². The monoisotopic (exact) mass is 313 g/mol. The van der Waals surface area contributed by atoms with E-state index >= 15 is 0 Å². The van der Waals surface area contributed by atoms with E-state index in [4.69, 9.17) is 0 Å². The van der Waals surface area contributed by atoms with Crippen LogP contribution in [0.2, 0.25) is 0 Å². The van der Waals surface area contributed by atoms with Gasteiger partial charge in [0.25, 0.3) is 0 Å². The van der Waals surface area contributed by atoms with Gasteiger partial charge in [0.2, 0.25) is 0 Å². The molecule has 3 atom stereocenters. The number of nitrogens with one attached hydrogen (secondary N) is 1. The first-order valence-electron chi connectivity index (χ1n) is 6.73. The van der Waals surface area contributed by atoms with Crippen LogP contribution in [0.3, 0.4) is 0 Å². The Morgan fingerprint density at radius 1 is 1.28 bits per heavy atom. The summed E-state index contributed by atoms with van der Waals surface area (Å²) in [7, 11) is 0. The van der Waals surface area contributed by atoms with Gasteiger partial charge < -0.3 is 5.32 Å².